The van der Waals surface area contributed by atoms with Gasteiger partial charge in [-0.25, -0.2) is 9.79 Å². The van der Waals surface area contributed by atoms with Gasteiger partial charge in [-0.05, 0) is 36.9 Å². The van der Waals surface area contributed by atoms with E-state index in [-0.39, 0.29) is 0 Å². The molecule has 8 heteroatoms. The Morgan fingerprint density at radius 3 is 2.78 bits per heavy atom. The molecule has 2 heterocycles. The number of carbonyl (C=O) groups is 1. The number of hydrogen-bond acceptors (Lipinski definition) is 7. The highest BCUT2D eigenvalue weighted by Crippen LogP contribution is 2.41. The molecule has 2 N–H and O–H groups in total. The molecule has 0 aliphatic carbocycles. The fraction of sp³-hybridized carbons (Fsp3) is 0.533. The highest BCUT2D eigenvalue weighted by molar-refractivity contribution is 7.97. The van der Waals surface area contributed by atoms with Gasteiger partial charge in [0.1, 0.15) is 18.8 Å². The summed E-state index contributed by atoms with van der Waals surface area (Å²) in [5.74, 6) is 0.318. The van der Waals surface area contributed by atoms with Gasteiger partial charge in [0.05, 0.1) is 6.10 Å². The van der Waals surface area contributed by atoms with E-state index in [1.54, 1.807) is 18.7 Å². The summed E-state index contributed by atoms with van der Waals surface area (Å²) in [6.45, 7) is 2.58. The molecular formula is C15H20N2O5S. The lowest BCUT2D eigenvalue weighted by molar-refractivity contribution is 0.0622. The van der Waals surface area contributed by atoms with Gasteiger partial charge < -0.3 is 14.2 Å². The van der Waals surface area contributed by atoms with Crippen molar-refractivity contribution in [2.24, 2.45) is 0 Å². The van der Waals surface area contributed by atoms with Crippen LogP contribution >= 0.6 is 11.9 Å². The fourth-order valence-electron chi connectivity index (χ4n) is 2.74. The molecule has 2 aliphatic rings. The van der Waals surface area contributed by atoms with E-state index in [0.29, 0.717) is 36.4 Å². The molecule has 1 aromatic carbocycles. The number of benzene rings is 1. The zero-order valence-corrected chi connectivity index (χ0v) is 13.7. The Labute approximate surface area is 139 Å². The van der Waals surface area contributed by atoms with Crippen LogP contribution in [0.3, 0.4) is 0 Å². The lowest BCUT2D eigenvalue weighted by Gasteiger charge is -2.31. The van der Waals surface area contributed by atoms with E-state index in [0.717, 1.165) is 30.8 Å². The van der Waals surface area contributed by atoms with E-state index < -0.39 is 5.91 Å². The first-order valence-electron chi connectivity index (χ1n) is 7.55. The summed E-state index contributed by atoms with van der Waals surface area (Å²) < 4.78 is 18.7. The van der Waals surface area contributed by atoms with Crippen molar-refractivity contribution in [2.75, 3.05) is 33.4 Å². The number of piperidine rings is 1. The SMILES string of the molecule is COC1CCN(Sc2ccc3c(c2C(=O)NO)OCCO3)CC1. The van der Waals surface area contributed by atoms with Crippen LogP contribution in [0.25, 0.3) is 0 Å². The largest absolute Gasteiger partial charge is 0.486 e. The molecule has 3 rings (SSSR count). The van der Waals surface area contributed by atoms with Crippen molar-refractivity contribution in [2.45, 2.75) is 23.8 Å². The summed E-state index contributed by atoms with van der Waals surface area (Å²) in [6, 6.07) is 3.62. The molecule has 0 radical (unpaired) electrons. The Balaban J connectivity index is 1.82. The number of rotatable bonds is 4. The standard InChI is InChI=1S/C15H20N2O5S/c1-20-10-4-6-17(7-5-10)23-12-3-2-11-14(22-9-8-21-11)13(12)15(18)16-19/h2-3,10,19H,4-9H2,1H3,(H,16,18). The van der Waals surface area contributed by atoms with Crippen LogP contribution in [0, 0.1) is 0 Å². The van der Waals surface area contributed by atoms with Crippen LogP contribution in [0.15, 0.2) is 17.0 Å². The van der Waals surface area contributed by atoms with Crippen molar-refractivity contribution in [1.82, 2.24) is 9.79 Å². The van der Waals surface area contributed by atoms with Crippen LogP contribution in [0.4, 0.5) is 0 Å². The van der Waals surface area contributed by atoms with E-state index >= 15 is 0 Å². The Morgan fingerprint density at radius 2 is 2.09 bits per heavy atom. The minimum atomic E-state index is -0.596. The summed E-state index contributed by atoms with van der Waals surface area (Å²) >= 11 is 1.49. The number of amides is 1. The molecule has 0 spiro atoms. The van der Waals surface area contributed by atoms with Crippen LogP contribution in [-0.2, 0) is 4.74 Å². The van der Waals surface area contributed by atoms with Gasteiger partial charge in [-0.3, -0.25) is 10.0 Å². The minimum Gasteiger partial charge on any atom is -0.486 e. The second-order valence-electron chi connectivity index (χ2n) is 5.36. The second-order valence-corrected chi connectivity index (χ2v) is 6.50. The van der Waals surface area contributed by atoms with Crippen LogP contribution in [-0.4, -0.2) is 54.9 Å². The van der Waals surface area contributed by atoms with E-state index in [2.05, 4.69) is 4.31 Å². The average Bonchev–Trinajstić information content (AvgIpc) is 2.61. The van der Waals surface area contributed by atoms with Gasteiger partial charge >= 0.3 is 0 Å². The van der Waals surface area contributed by atoms with Gasteiger partial charge in [0.15, 0.2) is 11.5 Å². The topological polar surface area (TPSA) is 80.3 Å². The lowest BCUT2D eigenvalue weighted by atomic mass is 10.1. The first kappa shape index (κ1) is 16.4. The Hall–Kier alpha value is -1.48. The number of fused-ring (bicyclic) bond motifs is 1. The van der Waals surface area contributed by atoms with Gasteiger partial charge in [0.25, 0.3) is 5.91 Å². The maximum Gasteiger partial charge on any atom is 0.279 e. The van der Waals surface area contributed by atoms with Crippen LogP contribution in [0.5, 0.6) is 11.5 Å². The van der Waals surface area contributed by atoms with E-state index in [9.17, 15) is 4.79 Å². The molecule has 0 bridgehead atoms. The first-order valence-corrected chi connectivity index (χ1v) is 8.33. The van der Waals surface area contributed by atoms with Crippen molar-refractivity contribution >= 4 is 17.9 Å². The van der Waals surface area contributed by atoms with Crippen LogP contribution in [0.2, 0.25) is 0 Å². The Kier molecular flexibility index (Phi) is 5.27. The van der Waals surface area contributed by atoms with Crippen LogP contribution in [0.1, 0.15) is 23.2 Å². The highest BCUT2D eigenvalue weighted by Gasteiger charge is 2.27. The molecule has 0 aromatic heterocycles. The number of methoxy groups -OCH3 is 1. The third-order valence-corrected chi connectivity index (χ3v) is 5.12. The average molecular weight is 340 g/mol. The van der Waals surface area contributed by atoms with E-state index in [4.69, 9.17) is 19.4 Å². The smallest absolute Gasteiger partial charge is 0.279 e. The number of nitrogens with one attached hydrogen (secondary N) is 1. The first-order chi connectivity index (χ1) is 11.2. The third kappa shape index (κ3) is 3.55. The van der Waals surface area contributed by atoms with Crippen LogP contribution < -0.4 is 15.0 Å². The summed E-state index contributed by atoms with van der Waals surface area (Å²) in [5.41, 5.74) is 2.01. The molecule has 1 amide bonds. The highest BCUT2D eigenvalue weighted by atomic mass is 32.2. The Bertz CT molecular complexity index is 575. The van der Waals surface area contributed by atoms with Gasteiger partial charge in [0.2, 0.25) is 0 Å². The third-order valence-electron chi connectivity index (χ3n) is 3.96. The number of hydrogen-bond donors (Lipinski definition) is 2. The fourth-order valence-corrected chi connectivity index (χ4v) is 3.82. The molecule has 0 atom stereocenters. The van der Waals surface area contributed by atoms with Crippen molar-refractivity contribution < 1.29 is 24.2 Å². The van der Waals surface area contributed by atoms with Crippen molar-refractivity contribution in [3.05, 3.63) is 17.7 Å². The summed E-state index contributed by atoms with van der Waals surface area (Å²) in [6.07, 6.45) is 2.21. The van der Waals surface area contributed by atoms with Gasteiger partial charge in [-0.1, -0.05) is 0 Å². The molecule has 1 fully saturated rings. The van der Waals surface area contributed by atoms with Crippen molar-refractivity contribution in [3.63, 3.8) is 0 Å². The number of nitrogens with zero attached hydrogens (tertiary/aromatic N) is 1. The number of ether oxygens (including phenoxy) is 3. The molecule has 126 valence electrons. The zero-order chi connectivity index (χ0) is 16.2. The minimum absolute atomic E-state index is 0.298. The van der Waals surface area contributed by atoms with E-state index in [1.165, 1.54) is 11.9 Å². The molecule has 23 heavy (non-hydrogen) atoms. The van der Waals surface area contributed by atoms with Crippen molar-refractivity contribution in [3.8, 4) is 11.5 Å². The Morgan fingerprint density at radius 1 is 1.35 bits per heavy atom. The molecule has 0 unspecified atom stereocenters. The summed E-state index contributed by atoms with van der Waals surface area (Å²) in [4.78, 5) is 12.8. The molecular weight excluding hydrogens is 320 g/mol. The monoisotopic (exact) mass is 340 g/mol. The van der Waals surface area contributed by atoms with Gasteiger partial charge in [0, 0.05) is 25.1 Å². The predicted octanol–water partition coefficient (Wildman–Crippen LogP) is 1.69. The zero-order valence-electron chi connectivity index (χ0n) is 12.9. The quantitative estimate of drug-likeness (QED) is 0.490. The molecule has 0 saturated carbocycles. The van der Waals surface area contributed by atoms with Crippen molar-refractivity contribution in [1.29, 1.82) is 0 Å². The van der Waals surface area contributed by atoms with Gasteiger partial charge in [-0.2, -0.15) is 0 Å². The summed E-state index contributed by atoms with van der Waals surface area (Å²) in [7, 11) is 1.73. The number of hydroxylamine groups is 1. The summed E-state index contributed by atoms with van der Waals surface area (Å²) in [5, 5.41) is 9.05. The lowest BCUT2D eigenvalue weighted by Crippen LogP contribution is -2.32. The normalized spacial score (nSPS) is 18.7. The maximum absolute atomic E-state index is 12.1. The maximum atomic E-state index is 12.1. The predicted molar refractivity (Wildman–Crippen MR) is 84.1 cm³/mol. The molecule has 1 aromatic rings. The molecule has 7 nitrogen and oxygen atoms in total. The second kappa shape index (κ2) is 7.39. The molecule has 2 aliphatic heterocycles. The molecule has 1 saturated heterocycles. The van der Waals surface area contributed by atoms with Gasteiger partial charge in [-0.15, -0.1) is 0 Å². The number of carbonyl (C=O) groups excluding carboxylic acids is 1. The van der Waals surface area contributed by atoms with E-state index in [1.807, 2.05) is 6.07 Å².